The quantitative estimate of drug-likeness (QED) is 0.712. The normalized spacial score (nSPS) is 19.2. The van der Waals surface area contributed by atoms with Crippen molar-refractivity contribution in [2.75, 3.05) is 12.8 Å². The molecule has 0 aromatic heterocycles. The summed E-state index contributed by atoms with van der Waals surface area (Å²) in [6.45, 7) is 4.66. The molecule has 1 rings (SSSR count). The van der Waals surface area contributed by atoms with Gasteiger partial charge in [-0.05, 0) is 25.0 Å². The van der Waals surface area contributed by atoms with Crippen LogP contribution in [0.2, 0.25) is 0 Å². The SMILES string of the molecule is CSC1(CNC(=O)C(C(N)=S)C(C)C)CC1. The summed E-state index contributed by atoms with van der Waals surface area (Å²) < 4.78 is 0.285. The van der Waals surface area contributed by atoms with Gasteiger partial charge in [-0.15, -0.1) is 0 Å². The number of nitrogens with two attached hydrogens (primary N) is 1. The van der Waals surface area contributed by atoms with Crippen molar-refractivity contribution in [3.63, 3.8) is 0 Å². The Morgan fingerprint density at radius 1 is 1.56 bits per heavy atom. The summed E-state index contributed by atoms with van der Waals surface area (Å²) in [5, 5.41) is 2.97. The predicted octanol–water partition coefficient (Wildman–Crippen LogP) is 1.56. The molecule has 16 heavy (non-hydrogen) atoms. The second-order valence-electron chi connectivity index (χ2n) is 4.73. The summed E-state index contributed by atoms with van der Waals surface area (Å²) >= 11 is 6.76. The molecule has 1 unspecified atom stereocenters. The fraction of sp³-hybridized carbons (Fsp3) is 0.818. The highest BCUT2D eigenvalue weighted by molar-refractivity contribution is 8.00. The fourth-order valence-electron chi connectivity index (χ4n) is 1.71. The van der Waals surface area contributed by atoms with Crippen molar-refractivity contribution in [2.45, 2.75) is 31.4 Å². The Morgan fingerprint density at radius 3 is 2.44 bits per heavy atom. The molecule has 1 atom stereocenters. The van der Waals surface area contributed by atoms with Crippen molar-refractivity contribution in [3.8, 4) is 0 Å². The molecule has 92 valence electrons. The Hall–Kier alpha value is -0.290. The minimum Gasteiger partial charge on any atom is -0.393 e. The average Bonchev–Trinajstić information content (AvgIpc) is 2.94. The van der Waals surface area contributed by atoms with E-state index >= 15 is 0 Å². The molecule has 1 amide bonds. The van der Waals surface area contributed by atoms with Gasteiger partial charge in [-0.2, -0.15) is 11.8 Å². The van der Waals surface area contributed by atoms with Crippen LogP contribution >= 0.6 is 24.0 Å². The molecule has 0 aromatic rings. The van der Waals surface area contributed by atoms with Gasteiger partial charge in [0.1, 0.15) is 0 Å². The zero-order valence-electron chi connectivity index (χ0n) is 10.1. The molecule has 1 saturated carbocycles. The summed E-state index contributed by atoms with van der Waals surface area (Å²) in [6.07, 6.45) is 4.47. The first kappa shape index (κ1) is 13.8. The highest BCUT2D eigenvalue weighted by atomic mass is 32.2. The van der Waals surface area contributed by atoms with E-state index in [1.165, 1.54) is 12.8 Å². The van der Waals surface area contributed by atoms with Crippen LogP contribution in [0, 0.1) is 11.8 Å². The molecule has 5 heteroatoms. The molecular formula is C11H20N2OS2. The molecule has 1 aliphatic rings. The van der Waals surface area contributed by atoms with Crippen LogP contribution in [0.5, 0.6) is 0 Å². The van der Waals surface area contributed by atoms with Gasteiger partial charge in [-0.3, -0.25) is 4.79 Å². The molecule has 1 fully saturated rings. The van der Waals surface area contributed by atoms with Gasteiger partial charge in [-0.1, -0.05) is 26.1 Å². The third-order valence-electron chi connectivity index (χ3n) is 3.08. The highest BCUT2D eigenvalue weighted by Gasteiger charge is 2.42. The van der Waals surface area contributed by atoms with Crippen molar-refractivity contribution in [2.24, 2.45) is 17.6 Å². The Kier molecular flexibility index (Phi) is 4.62. The number of hydrogen-bond donors (Lipinski definition) is 2. The summed E-state index contributed by atoms with van der Waals surface area (Å²) in [5.74, 6) is -0.211. The minimum absolute atomic E-state index is 0.0252. The number of amides is 1. The van der Waals surface area contributed by atoms with Crippen LogP contribution in [0.15, 0.2) is 0 Å². The van der Waals surface area contributed by atoms with E-state index in [-0.39, 0.29) is 22.5 Å². The standard InChI is InChI=1S/C11H20N2OS2/c1-7(2)8(9(12)15)10(14)13-6-11(16-3)4-5-11/h7-8H,4-6H2,1-3H3,(H2,12,15)(H,13,14). The lowest BCUT2D eigenvalue weighted by molar-refractivity contribution is -0.123. The Morgan fingerprint density at radius 2 is 2.12 bits per heavy atom. The smallest absolute Gasteiger partial charge is 0.230 e. The third-order valence-corrected chi connectivity index (χ3v) is 4.75. The van der Waals surface area contributed by atoms with Gasteiger partial charge < -0.3 is 11.1 Å². The van der Waals surface area contributed by atoms with Gasteiger partial charge in [0.15, 0.2) is 0 Å². The van der Waals surface area contributed by atoms with Crippen LogP contribution in [-0.2, 0) is 4.79 Å². The summed E-state index contributed by atoms with van der Waals surface area (Å²) in [4.78, 5) is 12.2. The third kappa shape index (κ3) is 3.35. The van der Waals surface area contributed by atoms with Crippen molar-refractivity contribution >= 4 is 34.9 Å². The molecule has 0 bridgehead atoms. The molecule has 0 spiro atoms. The summed E-state index contributed by atoms with van der Waals surface area (Å²) in [6, 6.07) is 0. The number of carbonyl (C=O) groups is 1. The molecule has 0 saturated heterocycles. The lowest BCUT2D eigenvalue weighted by Crippen LogP contribution is -2.43. The molecule has 3 nitrogen and oxygen atoms in total. The van der Waals surface area contributed by atoms with Crippen molar-refractivity contribution < 1.29 is 4.79 Å². The summed E-state index contributed by atoms with van der Waals surface area (Å²) in [7, 11) is 0. The summed E-state index contributed by atoms with van der Waals surface area (Å²) in [5.41, 5.74) is 5.59. The number of thioether (sulfide) groups is 1. The molecular weight excluding hydrogens is 240 g/mol. The van der Waals surface area contributed by atoms with Gasteiger partial charge >= 0.3 is 0 Å². The first-order valence-electron chi connectivity index (χ1n) is 5.54. The Bertz CT molecular complexity index is 288. The van der Waals surface area contributed by atoms with Crippen LogP contribution in [0.1, 0.15) is 26.7 Å². The van der Waals surface area contributed by atoms with E-state index in [4.69, 9.17) is 18.0 Å². The lowest BCUT2D eigenvalue weighted by Gasteiger charge is -2.20. The zero-order chi connectivity index (χ0) is 12.3. The largest absolute Gasteiger partial charge is 0.393 e. The molecule has 0 aliphatic heterocycles. The van der Waals surface area contributed by atoms with Crippen molar-refractivity contribution in [1.82, 2.24) is 5.32 Å². The maximum Gasteiger partial charge on any atom is 0.230 e. The van der Waals surface area contributed by atoms with Crippen molar-refractivity contribution in [3.05, 3.63) is 0 Å². The van der Waals surface area contributed by atoms with E-state index in [1.54, 1.807) is 0 Å². The second-order valence-corrected chi connectivity index (χ2v) is 6.47. The first-order chi connectivity index (χ1) is 7.42. The fourth-order valence-corrected chi connectivity index (χ4v) is 2.82. The van der Waals surface area contributed by atoms with Crippen LogP contribution in [0.3, 0.4) is 0 Å². The van der Waals surface area contributed by atoms with E-state index in [9.17, 15) is 4.79 Å². The van der Waals surface area contributed by atoms with Crippen LogP contribution in [-0.4, -0.2) is 28.4 Å². The molecule has 1 aliphatic carbocycles. The highest BCUT2D eigenvalue weighted by Crippen LogP contribution is 2.46. The van der Waals surface area contributed by atoms with Crippen LogP contribution in [0.4, 0.5) is 0 Å². The number of nitrogens with one attached hydrogen (secondary N) is 1. The van der Waals surface area contributed by atoms with Crippen LogP contribution in [0.25, 0.3) is 0 Å². The van der Waals surface area contributed by atoms with Gasteiger partial charge in [0, 0.05) is 11.3 Å². The van der Waals surface area contributed by atoms with E-state index < -0.39 is 0 Å². The van der Waals surface area contributed by atoms with Crippen molar-refractivity contribution in [1.29, 1.82) is 0 Å². The second kappa shape index (κ2) is 5.36. The Balaban J connectivity index is 2.47. The zero-order valence-corrected chi connectivity index (χ0v) is 11.7. The van der Waals surface area contributed by atoms with E-state index in [2.05, 4.69) is 11.6 Å². The van der Waals surface area contributed by atoms with Gasteiger partial charge in [-0.25, -0.2) is 0 Å². The molecule has 3 N–H and O–H groups in total. The molecule has 0 heterocycles. The first-order valence-corrected chi connectivity index (χ1v) is 7.17. The predicted molar refractivity (Wildman–Crippen MR) is 73.6 cm³/mol. The topological polar surface area (TPSA) is 55.1 Å². The molecule has 0 radical (unpaired) electrons. The average molecular weight is 260 g/mol. The lowest BCUT2D eigenvalue weighted by atomic mass is 9.95. The van der Waals surface area contributed by atoms with E-state index in [0.717, 1.165) is 6.54 Å². The van der Waals surface area contributed by atoms with Crippen LogP contribution < -0.4 is 11.1 Å². The Labute approximate surface area is 107 Å². The van der Waals surface area contributed by atoms with Gasteiger partial charge in [0.25, 0.3) is 0 Å². The van der Waals surface area contributed by atoms with E-state index in [1.807, 2.05) is 25.6 Å². The number of thiocarbonyl (C=S) groups is 1. The monoisotopic (exact) mass is 260 g/mol. The molecule has 0 aromatic carbocycles. The van der Waals surface area contributed by atoms with E-state index in [0.29, 0.717) is 4.99 Å². The number of rotatable bonds is 6. The maximum absolute atomic E-state index is 11.9. The number of carbonyl (C=O) groups excluding carboxylic acids is 1. The van der Waals surface area contributed by atoms with Gasteiger partial charge in [0.05, 0.1) is 10.9 Å². The number of hydrogen-bond acceptors (Lipinski definition) is 3. The maximum atomic E-state index is 11.9. The van der Waals surface area contributed by atoms with Gasteiger partial charge in [0.2, 0.25) is 5.91 Å². The minimum atomic E-state index is -0.340.